The number of hydrogen-bond donors (Lipinski definition) is 2. The summed E-state index contributed by atoms with van der Waals surface area (Å²) in [6.45, 7) is 2.23. The topological polar surface area (TPSA) is 51.2 Å². The Labute approximate surface area is 105 Å². The lowest BCUT2D eigenvalue weighted by Gasteiger charge is -2.11. The molecule has 1 aromatic carbocycles. The van der Waals surface area contributed by atoms with Gasteiger partial charge in [0, 0.05) is 10.4 Å². The molecule has 1 aliphatic carbocycles. The highest BCUT2D eigenvalue weighted by Gasteiger charge is 2.41. The maximum absolute atomic E-state index is 5.96. The molecule has 0 radical (unpaired) electrons. The smallest absolute Gasteiger partial charge is 0.134 e. The van der Waals surface area contributed by atoms with E-state index in [1.807, 2.05) is 24.3 Å². The van der Waals surface area contributed by atoms with Gasteiger partial charge in [-0.15, -0.1) is 0 Å². The number of nitrogens with one attached hydrogen (secondary N) is 1. The zero-order valence-corrected chi connectivity index (χ0v) is 10.4. The molecular formula is C13H15ClN2O. The zero-order valence-electron chi connectivity index (χ0n) is 9.61. The molecule has 3 unspecified atom stereocenters. The van der Waals surface area contributed by atoms with Crippen LogP contribution in [0.2, 0.25) is 5.02 Å². The minimum Gasteiger partial charge on any atom is -0.459 e. The summed E-state index contributed by atoms with van der Waals surface area (Å²) in [7, 11) is 0. The Balaban J connectivity index is 1.99. The average Bonchev–Trinajstić information content (AvgIpc) is 2.87. The first-order chi connectivity index (χ1) is 8.19. The van der Waals surface area contributed by atoms with Gasteiger partial charge in [0.1, 0.15) is 11.3 Å². The number of hydrogen-bond acceptors (Lipinski definition) is 3. The van der Waals surface area contributed by atoms with Crippen molar-refractivity contribution >= 4 is 22.6 Å². The first-order valence-electron chi connectivity index (χ1n) is 5.84. The molecule has 1 aliphatic rings. The number of rotatable bonds is 3. The number of hydrazine groups is 1. The molecule has 17 heavy (non-hydrogen) atoms. The van der Waals surface area contributed by atoms with Crippen LogP contribution in [0, 0.1) is 11.8 Å². The molecule has 0 bridgehead atoms. The van der Waals surface area contributed by atoms with E-state index in [0.29, 0.717) is 11.8 Å². The molecule has 0 amide bonds. The Morgan fingerprint density at radius 2 is 2.24 bits per heavy atom. The van der Waals surface area contributed by atoms with Crippen molar-refractivity contribution in [2.75, 3.05) is 0 Å². The second kappa shape index (κ2) is 4.02. The fraction of sp³-hybridized carbons (Fsp3) is 0.385. The van der Waals surface area contributed by atoms with Gasteiger partial charge in [0.25, 0.3) is 0 Å². The van der Waals surface area contributed by atoms with Crippen molar-refractivity contribution in [2.45, 2.75) is 19.4 Å². The van der Waals surface area contributed by atoms with Crippen LogP contribution in [0.25, 0.3) is 11.0 Å². The molecule has 1 saturated carbocycles. The molecule has 1 aromatic heterocycles. The van der Waals surface area contributed by atoms with Gasteiger partial charge in [-0.25, -0.2) is 5.43 Å². The van der Waals surface area contributed by atoms with Crippen LogP contribution < -0.4 is 11.3 Å². The molecule has 1 heterocycles. The third-order valence-electron chi connectivity index (χ3n) is 3.58. The summed E-state index contributed by atoms with van der Waals surface area (Å²) in [4.78, 5) is 0. The molecule has 1 fully saturated rings. The highest BCUT2D eigenvalue weighted by Crippen LogP contribution is 2.47. The fourth-order valence-electron chi connectivity index (χ4n) is 2.42. The zero-order chi connectivity index (χ0) is 12.0. The molecule has 90 valence electrons. The van der Waals surface area contributed by atoms with Crippen molar-refractivity contribution in [1.82, 2.24) is 5.43 Å². The van der Waals surface area contributed by atoms with Gasteiger partial charge < -0.3 is 4.42 Å². The largest absolute Gasteiger partial charge is 0.459 e. The van der Waals surface area contributed by atoms with Gasteiger partial charge in [-0.2, -0.15) is 0 Å². The molecule has 0 spiro atoms. The lowest BCUT2D eigenvalue weighted by atomic mass is 10.1. The summed E-state index contributed by atoms with van der Waals surface area (Å²) in [5.41, 5.74) is 3.72. The molecule has 2 aromatic rings. The maximum Gasteiger partial charge on any atom is 0.134 e. The minimum atomic E-state index is 0.108. The van der Waals surface area contributed by atoms with E-state index in [1.54, 1.807) is 0 Å². The van der Waals surface area contributed by atoms with Gasteiger partial charge in [0.15, 0.2) is 0 Å². The Morgan fingerprint density at radius 1 is 1.47 bits per heavy atom. The van der Waals surface area contributed by atoms with E-state index in [0.717, 1.165) is 21.8 Å². The number of furan rings is 1. The van der Waals surface area contributed by atoms with Crippen LogP contribution in [0.5, 0.6) is 0 Å². The lowest BCUT2D eigenvalue weighted by molar-refractivity contribution is 0.391. The van der Waals surface area contributed by atoms with E-state index in [2.05, 4.69) is 12.3 Å². The third-order valence-corrected chi connectivity index (χ3v) is 3.82. The maximum atomic E-state index is 5.96. The van der Waals surface area contributed by atoms with Gasteiger partial charge in [-0.1, -0.05) is 18.5 Å². The van der Waals surface area contributed by atoms with Gasteiger partial charge in [0.2, 0.25) is 0 Å². The van der Waals surface area contributed by atoms with Crippen LogP contribution in [0.4, 0.5) is 0 Å². The Hall–Kier alpha value is -1.03. The highest BCUT2D eigenvalue weighted by atomic mass is 35.5. The number of halogens is 1. The summed E-state index contributed by atoms with van der Waals surface area (Å²) < 4.78 is 5.82. The van der Waals surface area contributed by atoms with Crippen LogP contribution in [-0.2, 0) is 0 Å². The molecule has 3 atom stereocenters. The normalized spacial score (nSPS) is 25.1. The molecule has 0 aliphatic heterocycles. The van der Waals surface area contributed by atoms with E-state index >= 15 is 0 Å². The van der Waals surface area contributed by atoms with Crippen LogP contribution in [-0.4, -0.2) is 0 Å². The van der Waals surface area contributed by atoms with Crippen LogP contribution in [0.1, 0.15) is 25.1 Å². The molecule has 3 nitrogen and oxygen atoms in total. The molecular weight excluding hydrogens is 236 g/mol. The Morgan fingerprint density at radius 3 is 2.88 bits per heavy atom. The van der Waals surface area contributed by atoms with Crippen molar-refractivity contribution in [2.24, 2.45) is 17.7 Å². The number of nitrogens with two attached hydrogens (primary N) is 1. The first kappa shape index (κ1) is 11.1. The monoisotopic (exact) mass is 250 g/mol. The average molecular weight is 251 g/mol. The van der Waals surface area contributed by atoms with Crippen molar-refractivity contribution in [3.8, 4) is 0 Å². The lowest BCUT2D eigenvalue weighted by Crippen LogP contribution is -2.29. The highest BCUT2D eigenvalue weighted by molar-refractivity contribution is 6.31. The SMILES string of the molecule is CC1CC1C(NN)c1cc2cc(Cl)ccc2o1. The summed E-state index contributed by atoms with van der Waals surface area (Å²) in [5, 5.41) is 1.75. The second-order valence-electron chi connectivity index (χ2n) is 4.85. The van der Waals surface area contributed by atoms with E-state index in [1.165, 1.54) is 6.42 Å². The molecule has 4 heteroatoms. The second-order valence-corrected chi connectivity index (χ2v) is 5.29. The van der Waals surface area contributed by atoms with Crippen LogP contribution >= 0.6 is 11.6 Å². The van der Waals surface area contributed by atoms with Gasteiger partial charge in [-0.05, 0) is 42.5 Å². The van der Waals surface area contributed by atoms with Crippen LogP contribution in [0.15, 0.2) is 28.7 Å². The fourth-order valence-corrected chi connectivity index (χ4v) is 2.60. The summed E-state index contributed by atoms with van der Waals surface area (Å²) in [6, 6.07) is 7.77. The summed E-state index contributed by atoms with van der Waals surface area (Å²) >= 11 is 5.96. The summed E-state index contributed by atoms with van der Waals surface area (Å²) in [6.07, 6.45) is 1.20. The van der Waals surface area contributed by atoms with E-state index < -0.39 is 0 Å². The Bertz CT molecular complexity index is 551. The van der Waals surface area contributed by atoms with Crippen molar-refractivity contribution in [3.05, 3.63) is 35.0 Å². The van der Waals surface area contributed by atoms with Crippen molar-refractivity contribution in [3.63, 3.8) is 0 Å². The van der Waals surface area contributed by atoms with E-state index in [4.69, 9.17) is 21.9 Å². The van der Waals surface area contributed by atoms with Gasteiger partial charge in [0.05, 0.1) is 6.04 Å². The van der Waals surface area contributed by atoms with E-state index in [-0.39, 0.29) is 6.04 Å². The Kier molecular flexibility index (Phi) is 2.62. The summed E-state index contributed by atoms with van der Waals surface area (Å²) in [5.74, 6) is 7.82. The minimum absolute atomic E-state index is 0.108. The number of benzene rings is 1. The van der Waals surface area contributed by atoms with Crippen molar-refractivity contribution in [1.29, 1.82) is 0 Å². The quantitative estimate of drug-likeness (QED) is 0.650. The predicted octanol–water partition coefficient (Wildman–Crippen LogP) is 3.25. The molecule has 3 N–H and O–H groups in total. The third kappa shape index (κ3) is 1.95. The van der Waals surface area contributed by atoms with Crippen LogP contribution in [0.3, 0.4) is 0 Å². The standard InChI is InChI=1S/C13H15ClN2O/c1-7-4-10(7)13(16-15)12-6-8-5-9(14)2-3-11(8)17-12/h2-3,5-7,10,13,16H,4,15H2,1H3. The molecule has 0 saturated heterocycles. The van der Waals surface area contributed by atoms with Crippen molar-refractivity contribution < 1.29 is 4.42 Å². The van der Waals surface area contributed by atoms with E-state index in [9.17, 15) is 0 Å². The number of fused-ring (bicyclic) bond motifs is 1. The van der Waals surface area contributed by atoms with Gasteiger partial charge in [-0.3, -0.25) is 5.84 Å². The van der Waals surface area contributed by atoms with Gasteiger partial charge >= 0.3 is 0 Å². The predicted molar refractivity (Wildman–Crippen MR) is 68.6 cm³/mol. The molecule has 3 rings (SSSR count). The first-order valence-corrected chi connectivity index (χ1v) is 6.22.